The van der Waals surface area contributed by atoms with E-state index in [4.69, 9.17) is 10.8 Å². The molecular weight excluding hydrogens is 538 g/mol. The number of hydrazine groups is 1. The molecule has 2 fully saturated rings. The third-order valence-corrected chi connectivity index (χ3v) is 7.77. The Kier molecular flexibility index (Phi) is 11.2. The summed E-state index contributed by atoms with van der Waals surface area (Å²) < 4.78 is 0. The first-order chi connectivity index (χ1) is 19.8. The number of aromatic nitrogens is 1. The molecule has 3 unspecified atom stereocenters. The first-order valence-electron chi connectivity index (χ1n) is 14.5. The number of pyridine rings is 1. The standard InChI is InChI=1S/C17H19NO2.C14H24N4O4/c1-4-14-8-7-13-6-5-12(11-15(13)18-14)9-10-17(2,3)16(19)20;1-8(16-13(21)11(19)9-4-2-5-9)14(22)18-7-3-6-10(17-18)12(15)20/h5-11H,4H2,1-3H3,(H,19,20);8-11,17,19H,2-7H2,1H3,(H2,15,20)(H,16,21)/b10-9+;. The Morgan fingerprint density at radius 2 is 1.86 bits per heavy atom. The molecule has 42 heavy (non-hydrogen) atoms. The molecule has 4 rings (SSSR count). The van der Waals surface area contributed by atoms with Gasteiger partial charge >= 0.3 is 5.97 Å². The van der Waals surface area contributed by atoms with Crippen LogP contribution in [0, 0.1) is 11.3 Å². The summed E-state index contributed by atoms with van der Waals surface area (Å²) in [7, 11) is 0. The van der Waals surface area contributed by atoms with Crippen LogP contribution in [0.2, 0.25) is 0 Å². The third-order valence-electron chi connectivity index (χ3n) is 7.77. The van der Waals surface area contributed by atoms with E-state index in [-0.39, 0.29) is 11.8 Å². The fraction of sp³-hybridized carbons (Fsp3) is 0.516. The van der Waals surface area contributed by atoms with Gasteiger partial charge in [-0.2, -0.15) is 0 Å². The molecule has 1 aliphatic heterocycles. The molecule has 3 amide bonds. The van der Waals surface area contributed by atoms with Gasteiger partial charge in [-0.3, -0.25) is 29.2 Å². The van der Waals surface area contributed by atoms with Crippen molar-refractivity contribution in [3.63, 3.8) is 0 Å². The van der Waals surface area contributed by atoms with Crippen molar-refractivity contribution >= 4 is 40.7 Å². The molecular formula is C31H43N5O6. The van der Waals surface area contributed by atoms with Crippen LogP contribution in [0.3, 0.4) is 0 Å². The summed E-state index contributed by atoms with van der Waals surface area (Å²) in [5.41, 5.74) is 10.1. The smallest absolute Gasteiger partial charge is 0.312 e. The zero-order valence-electron chi connectivity index (χ0n) is 24.8. The van der Waals surface area contributed by atoms with Crippen molar-refractivity contribution in [2.75, 3.05) is 6.54 Å². The second-order valence-electron chi connectivity index (χ2n) is 11.6. The Morgan fingerprint density at radius 3 is 2.45 bits per heavy atom. The molecule has 1 aromatic heterocycles. The van der Waals surface area contributed by atoms with Crippen LogP contribution < -0.4 is 16.5 Å². The van der Waals surface area contributed by atoms with Crippen LogP contribution in [0.25, 0.3) is 17.0 Å². The predicted molar refractivity (Wildman–Crippen MR) is 160 cm³/mol. The lowest BCUT2D eigenvalue weighted by molar-refractivity contribution is -0.145. The number of hydrogen-bond donors (Lipinski definition) is 5. The zero-order valence-corrected chi connectivity index (χ0v) is 24.8. The summed E-state index contributed by atoms with van der Waals surface area (Å²) in [6, 6.07) is 8.73. The minimum atomic E-state index is -1.06. The average Bonchev–Trinajstić information content (AvgIpc) is 2.94. The van der Waals surface area contributed by atoms with Gasteiger partial charge in [0.2, 0.25) is 11.8 Å². The first kappa shape index (κ1) is 32.7. The number of amides is 3. The number of benzene rings is 1. The van der Waals surface area contributed by atoms with Gasteiger partial charge < -0.3 is 21.3 Å². The van der Waals surface area contributed by atoms with Crippen LogP contribution in [0.4, 0.5) is 0 Å². The molecule has 1 aromatic carbocycles. The number of aliphatic hydroxyl groups is 1. The number of rotatable bonds is 9. The zero-order chi connectivity index (χ0) is 31.0. The molecule has 0 bridgehead atoms. The highest BCUT2D eigenvalue weighted by atomic mass is 16.4. The molecule has 0 radical (unpaired) electrons. The Labute approximate surface area is 246 Å². The van der Waals surface area contributed by atoms with E-state index >= 15 is 0 Å². The highest BCUT2D eigenvalue weighted by Crippen LogP contribution is 2.29. The Morgan fingerprint density at radius 1 is 1.17 bits per heavy atom. The van der Waals surface area contributed by atoms with E-state index in [9.17, 15) is 24.3 Å². The van der Waals surface area contributed by atoms with Gasteiger partial charge in [0.15, 0.2) is 0 Å². The number of primary amides is 1. The number of carbonyl (C=O) groups excluding carboxylic acids is 3. The van der Waals surface area contributed by atoms with Crippen LogP contribution in [0.5, 0.6) is 0 Å². The summed E-state index contributed by atoms with van der Waals surface area (Å²) in [5.74, 6) is -2.21. The SMILES string of the molecule is CC(NC(=O)C(O)C1CCC1)C(=O)N1CCCC(C(N)=O)N1.CCc1ccc2ccc(/C=C/C(C)(C)C(=O)O)cc2n1. The number of nitrogens with two attached hydrogens (primary N) is 1. The minimum Gasteiger partial charge on any atom is -0.481 e. The molecule has 2 aromatic rings. The van der Waals surface area contributed by atoms with E-state index in [2.05, 4.69) is 28.7 Å². The van der Waals surface area contributed by atoms with Gasteiger partial charge in [0.05, 0.1) is 10.9 Å². The van der Waals surface area contributed by atoms with Gasteiger partial charge in [0.1, 0.15) is 18.2 Å². The molecule has 11 heteroatoms. The molecule has 228 valence electrons. The molecule has 3 atom stereocenters. The highest BCUT2D eigenvalue weighted by molar-refractivity contribution is 5.89. The summed E-state index contributed by atoms with van der Waals surface area (Å²) in [4.78, 5) is 51.1. The molecule has 11 nitrogen and oxygen atoms in total. The number of aliphatic carboxylic acids is 1. The van der Waals surface area contributed by atoms with Gasteiger partial charge in [-0.05, 0) is 76.5 Å². The quantitative estimate of drug-likeness (QED) is 0.300. The topological polar surface area (TPSA) is 175 Å². The molecule has 2 heterocycles. The lowest BCUT2D eigenvalue weighted by Gasteiger charge is -2.34. The number of nitrogens with one attached hydrogen (secondary N) is 2. The Bertz CT molecular complexity index is 1320. The molecule has 6 N–H and O–H groups in total. The van der Waals surface area contributed by atoms with E-state index in [1.165, 1.54) is 5.01 Å². The van der Waals surface area contributed by atoms with Gasteiger partial charge in [0, 0.05) is 17.6 Å². The van der Waals surface area contributed by atoms with Crippen LogP contribution in [0.1, 0.15) is 71.1 Å². The molecule has 0 spiro atoms. The maximum Gasteiger partial charge on any atom is 0.312 e. The van der Waals surface area contributed by atoms with Crippen molar-refractivity contribution in [2.24, 2.45) is 17.1 Å². The van der Waals surface area contributed by atoms with Crippen LogP contribution >= 0.6 is 0 Å². The van der Waals surface area contributed by atoms with Crippen LogP contribution in [-0.4, -0.2) is 68.6 Å². The van der Waals surface area contributed by atoms with Crippen molar-refractivity contribution < 1.29 is 29.4 Å². The van der Waals surface area contributed by atoms with Gasteiger partial charge in [0.25, 0.3) is 5.91 Å². The number of carbonyl (C=O) groups is 4. The number of nitrogens with zero attached hydrogens (tertiary/aromatic N) is 2. The van der Waals surface area contributed by atoms with Crippen molar-refractivity contribution in [1.29, 1.82) is 0 Å². The molecule has 2 aliphatic rings. The van der Waals surface area contributed by atoms with Crippen molar-refractivity contribution in [3.8, 4) is 0 Å². The normalized spacial score (nSPS) is 18.9. The summed E-state index contributed by atoms with van der Waals surface area (Å²) in [6.45, 7) is 7.45. The number of aryl methyl sites for hydroxylation is 1. The maximum atomic E-state index is 12.3. The summed E-state index contributed by atoms with van der Waals surface area (Å²) >= 11 is 0. The fourth-order valence-electron chi connectivity index (χ4n) is 4.57. The lowest BCUT2D eigenvalue weighted by Crippen LogP contribution is -2.60. The van der Waals surface area contributed by atoms with E-state index in [0.29, 0.717) is 19.4 Å². The lowest BCUT2D eigenvalue weighted by atomic mass is 9.81. The number of carboxylic acid groups (broad SMARTS) is 1. The average molecular weight is 582 g/mol. The monoisotopic (exact) mass is 581 g/mol. The molecule has 1 aliphatic carbocycles. The Hall–Kier alpha value is -3.83. The van der Waals surface area contributed by atoms with E-state index in [0.717, 1.165) is 47.8 Å². The highest BCUT2D eigenvalue weighted by Gasteiger charge is 2.34. The van der Waals surface area contributed by atoms with E-state index in [1.54, 1.807) is 26.8 Å². The van der Waals surface area contributed by atoms with Gasteiger partial charge in [-0.1, -0.05) is 43.7 Å². The second kappa shape index (κ2) is 14.4. The number of carboxylic acids is 1. The first-order valence-corrected chi connectivity index (χ1v) is 14.5. The van der Waals surface area contributed by atoms with Crippen molar-refractivity contribution in [3.05, 3.63) is 47.7 Å². The summed E-state index contributed by atoms with van der Waals surface area (Å²) in [6.07, 6.45) is 7.34. The Balaban J connectivity index is 0.000000231. The number of aliphatic hydroxyl groups excluding tert-OH is 1. The van der Waals surface area contributed by atoms with Gasteiger partial charge in [-0.25, -0.2) is 5.43 Å². The number of fused-ring (bicyclic) bond motifs is 1. The second-order valence-corrected chi connectivity index (χ2v) is 11.6. The van der Waals surface area contributed by atoms with Crippen LogP contribution in [-0.2, 0) is 25.6 Å². The molecule has 1 saturated carbocycles. The largest absolute Gasteiger partial charge is 0.481 e. The third kappa shape index (κ3) is 8.59. The maximum absolute atomic E-state index is 12.3. The molecule has 1 saturated heterocycles. The van der Waals surface area contributed by atoms with Crippen LogP contribution in [0.15, 0.2) is 36.4 Å². The van der Waals surface area contributed by atoms with Gasteiger partial charge in [-0.15, -0.1) is 0 Å². The minimum absolute atomic E-state index is 0.00495. The van der Waals surface area contributed by atoms with Crippen molar-refractivity contribution in [2.45, 2.75) is 84.4 Å². The van der Waals surface area contributed by atoms with Crippen molar-refractivity contribution in [1.82, 2.24) is 20.7 Å². The number of hydrogen-bond acceptors (Lipinski definition) is 7. The summed E-state index contributed by atoms with van der Waals surface area (Å²) in [5, 5.41) is 23.9. The van der Waals surface area contributed by atoms with E-state index in [1.807, 2.05) is 30.3 Å². The van der Waals surface area contributed by atoms with E-state index < -0.39 is 41.4 Å². The fourth-order valence-corrected chi connectivity index (χ4v) is 4.57. The predicted octanol–water partition coefficient (Wildman–Crippen LogP) is 2.55.